The van der Waals surface area contributed by atoms with Crippen molar-refractivity contribution in [1.82, 2.24) is 10.6 Å². The molecule has 0 unspecified atom stereocenters. The lowest BCUT2D eigenvalue weighted by molar-refractivity contribution is -0.150. The summed E-state index contributed by atoms with van der Waals surface area (Å²) < 4.78 is 16.2. The summed E-state index contributed by atoms with van der Waals surface area (Å²) in [5.41, 5.74) is 0.740. The molecule has 2 amide bonds. The fourth-order valence-corrected chi connectivity index (χ4v) is 5.21. The number of benzene rings is 1. The third-order valence-corrected chi connectivity index (χ3v) is 7.05. The lowest BCUT2D eigenvalue weighted by atomic mass is 9.78. The fourth-order valence-electron chi connectivity index (χ4n) is 3.78. The van der Waals surface area contributed by atoms with Crippen LogP contribution in [0.15, 0.2) is 33.3 Å². The number of hydrogen-bond donors (Lipinski definition) is 2. The quantitative estimate of drug-likeness (QED) is 0.381. The second kappa shape index (κ2) is 11.5. The maximum Gasteiger partial charge on any atom is 0.319 e. The first-order valence-corrected chi connectivity index (χ1v) is 12.0. The molecule has 1 aromatic rings. The SMILES string of the molecule is COC(=O)[C@@H]1C(=O)NC(SCC(=O)NC[C@H]2CCCO2)=C(C#N)[C@@H]1c1ccc(OC)c(Br)c1. The average molecular weight is 538 g/mol. The Morgan fingerprint density at radius 2 is 2.18 bits per heavy atom. The zero-order valence-corrected chi connectivity index (χ0v) is 20.6. The zero-order valence-electron chi connectivity index (χ0n) is 18.2. The molecule has 2 aliphatic rings. The van der Waals surface area contributed by atoms with Crippen molar-refractivity contribution in [2.45, 2.75) is 24.9 Å². The van der Waals surface area contributed by atoms with Gasteiger partial charge in [0, 0.05) is 19.1 Å². The van der Waals surface area contributed by atoms with E-state index in [0.29, 0.717) is 28.9 Å². The molecule has 0 spiro atoms. The van der Waals surface area contributed by atoms with Crippen LogP contribution in [0.1, 0.15) is 24.3 Å². The second-order valence-corrected chi connectivity index (χ2v) is 9.28. The van der Waals surface area contributed by atoms with Gasteiger partial charge in [-0.25, -0.2) is 0 Å². The Morgan fingerprint density at radius 1 is 1.39 bits per heavy atom. The van der Waals surface area contributed by atoms with Gasteiger partial charge in [-0.05, 0) is 46.5 Å². The summed E-state index contributed by atoms with van der Waals surface area (Å²) in [6, 6.07) is 7.19. The molecule has 0 aromatic heterocycles. The van der Waals surface area contributed by atoms with Gasteiger partial charge in [-0.15, -0.1) is 0 Å². The summed E-state index contributed by atoms with van der Waals surface area (Å²) in [6.07, 6.45) is 1.89. The Balaban J connectivity index is 1.86. The molecule has 3 atom stereocenters. The minimum Gasteiger partial charge on any atom is -0.496 e. The van der Waals surface area contributed by atoms with Crippen molar-refractivity contribution in [3.63, 3.8) is 0 Å². The number of carbonyl (C=O) groups is 3. The molecule has 0 radical (unpaired) electrons. The minimum absolute atomic E-state index is 0.00453. The molecule has 1 fully saturated rings. The molecule has 176 valence electrons. The summed E-state index contributed by atoms with van der Waals surface area (Å²) in [4.78, 5) is 37.7. The van der Waals surface area contributed by atoms with Crippen molar-refractivity contribution in [2.24, 2.45) is 5.92 Å². The highest BCUT2D eigenvalue weighted by atomic mass is 79.9. The Morgan fingerprint density at radius 3 is 2.79 bits per heavy atom. The first kappa shape index (κ1) is 25.1. The number of rotatable bonds is 8. The van der Waals surface area contributed by atoms with E-state index in [0.717, 1.165) is 24.6 Å². The van der Waals surface area contributed by atoms with Gasteiger partial charge in [-0.2, -0.15) is 5.26 Å². The first-order valence-electron chi connectivity index (χ1n) is 10.3. The van der Waals surface area contributed by atoms with Crippen molar-refractivity contribution in [2.75, 3.05) is 33.1 Å². The van der Waals surface area contributed by atoms with Crippen molar-refractivity contribution >= 4 is 45.5 Å². The third kappa shape index (κ3) is 5.88. The summed E-state index contributed by atoms with van der Waals surface area (Å²) in [5, 5.41) is 15.6. The molecule has 2 heterocycles. The van der Waals surface area contributed by atoms with Crippen LogP contribution in [0.5, 0.6) is 5.75 Å². The van der Waals surface area contributed by atoms with Crippen LogP contribution < -0.4 is 15.4 Å². The molecule has 1 aromatic carbocycles. The van der Waals surface area contributed by atoms with E-state index in [1.54, 1.807) is 18.2 Å². The van der Waals surface area contributed by atoms with Gasteiger partial charge >= 0.3 is 5.97 Å². The fraction of sp³-hybridized carbons (Fsp3) is 0.455. The number of nitrogens with zero attached hydrogens (tertiary/aromatic N) is 1. The highest BCUT2D eigenvalue weighted by Crippen LogP contribution is 2.42. The highest BCUT2D eigenvalue weighted by molar-refractivity contribution is 9.10. The number of carbonyl (C=O) groups excluding carboxylic acids is 3. The molecule has 3 rings (SSSR count). The molecular weight excluding hydrogens is 514 g/mol. The Hall–Kier alpha value is -2.55. The molecule has 0 saturated carbocycles. The normalized spacial score (nSPS) is 22.4. The summed E-state index contributed by atoms with van der Waals surface area (Å²) in [7, 11) is 2.71. The van der Waals surface area contributed by atoms with Gasteiger partial charge in [0.1, 0.15) is 11.7 Å². The number of methoxy groups -OCH3 is 2. The Bertz CT molecular complexity index is 1000. The largest absolute Gasteiger partial charge is 0.496 e. The second-order valence-electron chi connectivity index (χ2n) is 7.44. The maximum absolute atomic E-state index is 12.9. The molecule has 2 aliphatic heterocycles. The Kier molecular flexibility index (Phi) is 8.77. The average Bonchev–Trinajstić information content (AvgIpc) is 3.34. The van der Waals surface area contributed by atoms with Crippen LogP contribution in [0.3, 0.4) is 0 Å². The number of ether oxygens (including phenoxy) is 3. The van der Waals surface area contributed by atoms with Gasteiger partial charge in [-0.3, -0.25) is 14.4 Å². The Labute approximate surface area is 204 Å². The summed E-state index contributed by atoms with van der Waals surface area (Å²) in [5.74, 6) is -3.16. The minimum atomic E-state index is -1.25. The van der Waals surface area contributed by atoms with Gasteiger partial charge in [0.15, 0.2) is 0 Å². The molecule has 0 aliphatic carbocycles. The van der Waals surface area contributed by atoms with Crippen molar-refractivity contribution in [1.29, 1.82) is 5.26 Å². The smallest absolute Gasteiger partial charge is 0.319 e. The predicted octanol–water partition coefficient (Wildman–Crippen LogP) is 2.22. The van der Waals surface area contributed by atoms with Crippen LogP contribution in [0, 0.1) is 17.2 Å². The molecule has 0 bridgehead atoms. The van der Waals surface area contributed by atoms with Crippen LogP contribution >= 0.6 is 27.7 Å². The van der Waals surface area contributed by atoms with Gasteiger partial charge in [0.25, 0.3) is 0 Å². The van der Waals surface area contributed by atoms with E-state index in [-0.39, 0.29) is 28.4 Å². The standard InChI is InChI=1S/C22H24BrN3O6S/c1-30-16-6-5-12(8-15(16)23)18-14(9-24)21(26-20(28)19(18)22(29)31-2)33-11-17(27)25-10-13-4-3-7-32-13/h5-6,8,13,18-19H,3-4,7,10-11H2,1-2H3,(H,25,27)(H,26,28)/t13-,18+,19+/m1/s1. The van der Waals surface area contributed by atoms with Crippen LogP contribution in [0.4, 0.5) is 0 Å². The number of nitrogens with one attached hydrogen (secondary N) is 2. The lowest BCUT2D eigenvalue weighted by Gasteiger charge is -2.31. The van der Waals surface area contributed by atoms with Crippen LogP contribution in [0.25, 0.3) is 0 Å². The van der Waals surface area contributed by atoms with E-state index in [2.05, 4.69) is 32.6 Å². The highest BCUT2D eigenvalue weighted by Gasteiger charge is 2.44. The number of hydrogen-bond acceptors (Lipinski definition) is 8. The van der Waals surface area contributed by atoms with Gasteiger partial charge < -0.3 is 24.8 Å². The van der Waals surface area contributed by atoms with Gasteiger partial charge in [0.05, 0.1) is 47.2 Å². The monoisotopic (exact) mass is 537 g/mol. The summed E-state index contributed by atoms with van der Waals surface area (Å²) in [6.45, 7) is 1.12. The molecule has 2 N–H and O–H groups in total. The van der Waals surface area contributed by atoms with E-state index in [1.807, 2.05) is 0 Å². The topological polar surface area (TPSA) is 127 Å². The van der Waals surface area contributed by atoms with E-state index >= 15 is 0 Å². The van der Waals surface area contributed by atoms with Crippen LogP contribution in [0.2, 0.25) is 0 Å². The van der Waals surface area contributed by atoms with Gasteiger partial charge in [-0.1, -0.05) is 17.8 Å². The maximum atomic E-state index is 12.9. The molecule has 33 heavy (non-hydrogen) atoms. The van der Waals surface area contributed by atoms with E-state index in [1.165, 1.54) is 14.2 Å². The summed E-state index contributed by atoms with van der Waals surface area (Å²) >= 11 is 4.45. The first-order chi connectivity index (χ1) is 15.9. The number of thioether (sulfide) groups is 1. The third-order valence-electron chi connectivity index (χ3n) is 5.42. The van der Waals surface area contributed by atoms with Crippen molar-refractivity contribution in [3.05, 3.63) is 38.8 Å². The van der Waals surface area contributed by atoms with Crippen molar-refractivity contribution < 1.29 is 28.6 Å². The van der Waals surface area contributed by atoms with E-state index < -0.39 is 23.7 Å². The van der Waals surface area contributed by atoms with Gasteiger partial charge in [0.2, 0.25) is 11.8 Å². The molecule has 1 saturated heterocycles. The van der Waals surface area contributed by atoms with Crippen LogP contribution in [-0.2, 0) is 23.9 Å². The van der Waals surface area contributed by atoms with E-state index in [9.17, 15) is 19.6 Å². The van der Waals surface area contributed by atoms with E-state index in [4.69, 9.17) is 14.2 Å². The number of amides is 2. The molecular formula is C22H24BrN3O6S. The predicted molar refractivity (Wildman–Crippen MR) is 124 cm³/mol. The number of esters is 1. The van der Waals surface area contributed by atoms with Crippen molar-refractivity contribution in [3.8, 4) is 11.8 Å². The number of nitriles is 1. The lowest BCUT2D eigenvalue weighted by Crippen LogP contribution is -2.44. The zero-order chi connectivity index (χ0) is 24.0. The molecule has 11 heteroatoms. The molecule has 9 nitrogen and oxygen atoms in total. The van der Waals surface area contributed by atoms with Crippen LogP contribution in [-0.4, -0.2) is 57.0 Å². The number of halogens is 1. The number of allylic oxidation sites excluding steroid dienone is 1.